The number of likely N-dealkylation sites (tertiary alicyclic amines) is 1. The minimum absolute atomic E-state index is 0.780. The van der Waals surface area contributed by atoms with Crippen LogP contribution in [0.5, 0.6) is 0 Å². The van der Waals surface area contributed by atoms with Gasteiger partial charge in [0.15, 0.2) is 0 Å². The van der Waals surface area contributed by atoms with E-state index in [-0.39, 0.29) is 0 Å². The summed E-state index contributed by atoms with van der Waals surface area (Å²) in [5.74, 6) is 0.780. The molecule has 2 fully saturated rings. The monoisotopic (exact) mass is 306 g/mol. The Morgan fingerprint density at radius 2 is 2.00 bits per heavy atom. The number of rotatable bonds is 4. The number of hydrogen-bond donors (Lipinski definition) is 1. The van der Waals surface area contributed by atoms with Crippen LogP contribution in [0.3, 0.4) is 0 Å². The zero-order chi connectivity index (χ0) is 14.5. The summed E-state index contributed by atoms with van der Waals surface area (Å²) < 4.78 is 0. The molecule has 1 aromatic rings. The van der Waals surface area contributed by atoms with Crippen molar-refractivity contribution in [1.82, 2.24) is 10.2 Å². The highest BCUT2D eigenvalue weighted by atomic mass is 35.5. The molecule has 0 amide bonds. The summed E-state index contributed by atoms with van der Waals surface area (Å²) in [7, 11) is 0. The number of nitrogens with one attached hydrogen (secondary N) is 1. The molecule has 0 aliphatic carbocycles. The maximum atomic E-state index is 6.52. The van der Waals surface area contributed by atoms with Gasteiger partial charge in [0.1, 0.15) is 0 Å². The summed E-state index contributed by atoms with van der Waals surface area (Å²) in [4.78, 5) is 2.54. The van der Waals surface area contributed by atoms with Crippen LogP contribution < -0.4 is 5.32 Å². The number of nitrogens with zero attached hydrogens (tertiary/aromatic N) is 1. The zero-order valence-corrected chi connectivity index (χ0v) is 13.7. The SMILES string of the molecule is Clc1cc(CC2CCCNC2)ccc1CN1CCCCC1. The molecule has 21 heavy (non-hydrogen) atoms. The van der Waals surface area contributed by atoms with Gasteiger partial charge in [-0.2, -0.15) is 0 Å². The highest BCUT2D eigenvalue weighted by Crippen LogP contribution is 2.24. The molecule has 1 atom stereocenters. The van der Waals surface area contributed by atoms with E-state index in [1.807, 2.05) is 0 Å². The van der Waals surface area contributed by atoms with Crippen LogP contribution in [-0.4, -0.2) is 31.1 Å². The maximum Gasteiger partial charge on any atom is 0.0453 e. The lowest BCUT2D eigenvalue weighted by Crippen LogP contribution is -2.31. The molecular formula is C18H27ClN2. The molecule has 1 unspecified atom stereocenters. The lowest BCUT2D eigenvalue weighted by Gasteiger charge is -2.27. The second kappa shape index (κ2) is 7.62. The summed E-state index contributed by atoms with van der Waals surface area (Å²) in [5.41, 5.74) is 2.69. The van der Waals surface area contributed by atoms with Crippen molar-refractivity contribution in [3.63, 3.8) is 0 Å². The normalized spacial score (nSPS) is 24.1. The van der Waals surface area contributed by atoms with E-state index in [4.69, 9.17) is 11.6 Å². The van der Waals surface area contributed by atoms with Crippen LogP contribution in [0.4, 0.5) is 0 Å². The molecular weight excluding hydrogens is 280 g/mol. The topological polar surface area (TPSA) is 15.3 Å². The fraction of sp³-hybridized carbons (Fsp3) is 0.667. The van der Waals surface area contributed by atoms with Gasteiger partial charge in [-0.3, -0.25) is 4.90 Å². The van der Waals surface area contributed by atoms with Gasteiger partial charge in [0.05, 0.1) is 0 Å². The van der Waals surface area contributed by atoms with Crippen molar-refractivity contribution in [2.24, 2.45) is 5.92 Å². The molecule has 2 saturated heterocycles. The molecule has 0 saturated carbocycles. The van der Waals surface area contributed by atoms with Crippen LogP contribution in [0, 0.1) is 5.92 Å². The van der Waals surface area contributed by atoms with Gasteiger partial charge in [0.2, 0.25) is 0 Å². The van der Waals surface area contributed by atoms with E-state index in [9.17, 15) is 0 Å². The maximum absolute atomic E-state index is 6.52. The van der Waals surface area contributed by atoms with E-state index in [0.717, 1.165) is 30.5 Å². The van der Waals surface area contributed by atoms with Crippen LogP contribution in [0.2, 0.25) is 5.02 Å². The Morgan fingerprint density at radius 3 is 2.71 bits per heavy atom. The third-order valence-corrected chi connectivity index (χ3v) is 5.24. The Labute approximate surface area is 133 Å². The minimum Gasteiger partial charge on any atom is -0.316 e. The van der Waals surface area contributed by atoms with Gasteiger partial charge in [-0.25, -0.2) is 0 Å². The van der Waals surface area contributed by atoms with Crippen LogP contribution in [0.15, 0.2) is 18.2 Å². The fourth-order valence-corrected chi connectivity index (χ4v) is 3.90. The van der Waals surface area contributed by atoms with Crippen LogP contribution in [0.1, 0.15) is 43.2 Å². The first-order valence-electron chi connectivity index (χ1n) is 8.51. The molecule has 2 aliphatic rings. The molecule has 0 spiro atoms. The van der Waals surface area contributed by atoms with E-state index in [1.165, 1.54) is 62.9 Å². The molecule has 3 rings (SSSR count). The Bertz CT molecular complexity index is 449. The van der Waals surface area contributed by atoms with Crippen molar-refractivity contribution < 1.29 is 0 Å². The quantitative estimate of drug-likeness (QED) is 0.908. The molecule has 2 nitrogen and oxygen atoms in total. The molecule has 0 aromatic heterocycles. The molecule has 116 valence electrons. The predicted molar refractivity (Wildman–Crippen MR) is 89.9 cm³/mol. The number of piperidine rings is 2. The molecule has 2 aliphatic heterocycles. The van der Waals surface area contributed by atoms with Crippen LogP contribution in [0.25, 0.3) is 0 Å². The molecule has 0 bridgehead atoms. The Hall–Kier alpha value is -0.570. The summed E-state index contributed by atoms with van der Waals surface area (Å²) in [6, 6.07) is 6.75. The highest BCUT2D eigenvalue weighted by Gasteiger charge is 2.15. The van der Waals surface area contributed by atoms with E-state index in [1.54, 1.807) is 0 Å². The Kier molecular flexibility index (Phi) is 5.56. The van der Waals surface area contributed by atoms with Crippen molar-refractivity contribution in [2.45, 2.75) is 45.1 Å². The first-order valence-corrected chi connectivity index (χ1v) is 8.89. The standard InChI is InChI=1S/C18H27ClN2/c19-18-12-15(11-16-5-4-8-20-13-16)6-7-17(18)14-21-9-2-1-3-10-21/h6-7,12,16,20H,1-5,8-11,13-14H2. The van der Waals surface area contributed by atoms with E-state index >= 15 is 0 Å². The highest BCUT2D eigenvalue weighted by molar-refractivity contribution is 6.31. The second-order valence-corrected chi connectivity index (χ2v) is 7.09. The number of halogens is 1. The number of benzene rings is 1. The van der Waals surface area contributed by atoms with Crippen molar-refractivity contribution in [2.75, 3.05) is 26.2 Å². The molecule has 0 radical (unpaired) electrons. The minimum atomic E-state index is 0.780. The van der Waals surface area contributed by atoms with E-state index in [0.29, 0.717) is 0 Å². The third-order valence-electron chi connectivity index (χ3n) is 4.88. The van der Waals surface area contributed by atoms with Crippen molar-refractivity contribution in [1.29, 1.82) is 0 Å². The lowest BCUT2D eigenvalue weighted by atomic mass is 9.92. The van der Waals surface area contributed by atoms with Gasteiger partial charge < -0.3 is 5.32 Å². The molecule has 1 aromatic carbocycles. The summed E-state index contributed by atoms with van der Waals surface area (Å²) in [6.07, 6.45) is 7.88. The Balaban J connectivity index is 1.59. The second-order valence-electron chi connectivity index (χ2n) is 6.68. The van der Waals surface area contributed by atoms with Gasteiger partial charge in [0.25, 0.3) is 0 Å². The van der Waals surface area contributed by atoms with Gasteiger partial charge >= 0.3 is 0 Å². The predicted octanol–water partition coefficient (Wildman–Crippen LogP) is 3.87. The zero-order valence-electron chi connectivity index (χ0n) is 12.9. The number of hydrogen-bond acceptors (Lipinski definition) is 2. The molecule has 1 N–H and O–H groups in total. The third kappa shape index (κ3) is 4.45. The van der Waals surface area contributed by atoms with Gasteiger partial charge in [-0.1, -0.05) is 30.2 Å². The summed E-state index contributed by atoms with van der Waals surface area (Å²) in [6.45, 7) is 5.82. The van der Waals surface area contributed by atoms with Crippen LogP contribution >= 0.6 is 11.6 Å². The van der Waals surface area contributed by atoms with E-state index in [2.05, 4.69) is 28.4 Å². The van der Waals surface area contributed by atoms with Crippen molar-refractivity contribution in [3.8, 4) is 0 Å². The lowest BCUT2D eigenvalue weighted by molar-refractivity contribution is 0.221. The average molecular weight is 307 g/mol. The Morgan fingerprint density at radius 1 is 1.14 bits per heavy atom. The average Bonchev–Trinajstić information content (AvgIpc) is 2.52. The van der Waals surface area contributed by atoms with Crippen LogP contribution in [-0.2, 0) is 13.0 Å². The first-order chi connectivity index (χ1) is 10.3. The molecule has 2 heterocycles. The van der Waals surface area contributed by atoms with Gasteiger partial charge in [-0.05, 0) is 81.4 Å². The first kappa shape index (κ1) is 15.3. The smallest absolute Gasteiger partial charge is 0.0453 e. The fourth-order valence-electron chi connectivity index (χ4n) is 3.64. The van der Waals surface area contributed by atoms with E-state index < -0.39 is 0 Å². The van der Waals surface area contributed by atoms with Gasteiger partial charge in [0, 0.05) is 11.6 Å². The van der Waals surface area contributed by atoms with Crippen molar-refractivity contribution >= 4 is 11.6 Å². The summed E-state index contributed by atoms with van der Waals surface area (Å²) >= 11 is 6.52. The largest absolute Gasteiger partial charge is 0.316 e. The van der Waals surface area contributed by atoms with Gasteiger partial charge in [-0.15, -0.1) is 0 Å². The molecule has 3 heteroatoms. The summed E-state index contributed by atoms with van der Waals surface area (Å²) in [5, 5.41) is 4.46. The van der Waals surface area contributed by atoms with Crippen molar-refractivity contribution in [3.05, 3.63) is 34.3 Å².